The van der Waals surface area contributed by atoms with Gasteiger partial charge < -0.3 is 14.8 Å². The lowest BCUT2D eigenvalue weighted by Gasteiger charge is -2.10. The quantitative estimate of drug-likeness (QED) is 0.507. The van der Waals surface area contributed by atoms with Crippen LogP contribution in [0.4, 0.5) is 0 Å². The Labute approximate surface area is 171 Å². The Morgan fingerprint density at radius 3 is 2.59 bits per heavy atom. The average Bonchev–Trinajstić information content (AvgIpc) is 2.78. The molecule has 0 unspecified atom stereocenters. The Hall–Kier alpha value is -3.34. The molecule has 0 spiro atoms. The highest BCUT2D eigenvalue weighted by molar-refractivity contribution is 5.94. The molecule has 0 bridgehead atoms. The maximum Gasteiger partial charge on any atom is 0.251 e. The minimum absolute atomic E-state index is 0.120. The van der Waals surface area contributed by atoms with E-state index in [9.17, 15) is 4.79 Å². The van der Waals surface area contributed by atoms with Crippen LogP contribution in [-0.4, -0.2) is 17.5 Å². The first-order chi connectivity index (χ1) is 14.2. The Kier molecular flexibility index (Phi) is 7.63. The summed E-state index contributed by atoms with van der Waals surface area (Å²) in [5.41, 5.74) is 2.44. The van der Waals surface area contributed by atoms with Crippen molar-refractivity contribution in [2.24, 2.45) is 0 Å². The van der Waals surface area contributed by atoms with E-state index in [-0.39, 0.29) is 5.91 Å². The number of nitrogens with one attached hydrogen (secondary N) is 1. The number of hydrogen-bond acceptors (Lipinski definition) is 4. The van der Waals surface area contributed by atoms with Crippen LogP contribution in [0.15, 0.2) is 72.9 Å². The number of aromatic nitrogens is 1. The zero-order valence-corrected chi connectivity index (χ0v) is 16.6. The van der Waals surface area contributed by atoms with Crippen LogP contribution in [0, 0.1) is 0 Å². The van der Waals surface area contributed by atoms with Gasteiger partial charge in [0.1, 0.15) is 18.1 Å². The second-order valence-corrected chi connectivity index (χ2v) is 6.67. The molecule has 0 aliphatic rings. The molecule has 0 aliphatic carbocycles. The fraction of sp³-hybridized carbons (Fsp3) is 0.250. The van der Waals surface area contributed by atoms with Gasteiger partial charge in [-0.2, -0.15) is 0 Å². The molecule has 0 saturated carbocycles. The van der Waals surface area contributed by atoms with Crippen molar-refractivity contribution in [2.75, 3.05) is 6.61 Å². The normalized spacial score (nSPS) is 10.4. The number of hydrogen-bond donors (Lipinski definition) is 1. The zero-order chi connectivity index (χ0) is 20.3. The fourth-order valence-corrected chi connectivity index (χ4v) is 2.71. The minimum Gasteiger partial charge on any atom is -0.494 e. The third-order valence-corrected chi connectivity index (χ3v) is 4.35. The molecule has 1 N–H and O–H groups in total. The summed E-state index contributed by atoms with van der Waals surface area (Å²) in [6, 6.07) is 20.6. The highest BCUT2D eigenvalue weighted by atomic mass is 16.5. The summed E-state index contributed by atoms with van der Waals surface area (Å²) in [5, 5.41) is 2.94. The van der Waals surface area contributed by atoms with E-state index in [0.29, 0.717) is 25.3 Å². The SMILES string of the molecule is CCCCOc1ccc(C(=O)NCc2cccc(OCc3ccccn3)c2)cc1. The van der Waals surface area contributed by atoms with Gasteiger partial charge in [-0.3, -0.25) is 9.78 Å². The van der Waals surface area contributed by atoms with Crippen molar-refractivity contribution in [3.63, 3.8) is 0 Å². The van der Waals surface area contributed by atoms with Crippen molar-refractivity contribution < 1.29 is 14.3 Å². The number of amides is 1. The summed E-state index contributed by atoms with van der Waals surface area (Å²) in [5.74, 6) is 1.41. The number of rotatable bonds is 10. The zero-order valence-electron chi connectivity index (χ0n) is 16.6. The predicted molar refractivity (Wildman–Crippen MR) is 113 cm³/mol. The molecule has 0 aliphatic heterocycles. The molecule has 0 fully saturated rings. The van der Waals surface area contributed by atoms with Gasteiger partial charge in [-0.25, -0.2) is 0 Å². The second kappa shape index (κ2) is 10.9. The summed E-state index contributed by atoms with van der Waals surface area (Å²) >= 11 is 0. The van der Waals surface area contributed by atoms with E-state index in [2.05, 4.69) is 17.2 Å². The van der Waals surface area contributed by atoms with E-state index in [0.717, 1.165) is 35.6 Å². The lowest BCUT2D eigenvalue weighted by Crippen LogP contribution is -2.22. The van der Waals surface area contributed by atoms with Gasteiger partial charge in [0, 0.05) is 18.3 Å². The number of carbonyl (C=O) groups is 1. The number of pyridine rings is 1. The van der Waals surface area contributed by atoms with Crippen molar-refractivity contribution in [3.05, 3.63) is 89.7 Å². The molecule has 5 heteroatoms. The molecule has 3 aromatic rings. The van der Waals surface area contributed by atoms with E-state index in [4.69, 9.17) is 9.47 Å². The maximum atomic E-state index is 12.4. The largest absolute Gasteiger partial charge is 0.494 e. The molecule has 1 heterocycles. The molecule has 0 atom stereocenters. The number of nitrogens with zero attached hydrogens (tertiary/aromatic N) is 1. The average molecular weight is 390 g/mol. The number of carbonyl (C=O) groups excluding carboxylic acids is 1. The Bertz CT molecular complexity index is 896. The molecule has 0 radical (unpaired) electrons. The van der Waals surface area contributed by atoms with E-state index in [1.807, 2.05) is 54.6 Å². The monoisotopic (exact) mass is 390 g/mol. The Balaban J connectivity index is 1.49. The van der Waals surface area contributed by atoms with Crippen LogP contribution < -0.4 is 14.8 Å². The lowest BCUT2D eigenvalue weighted by molar-refractivity contribution is 0.0951. The van der Waals surface area contributed by atoms with Crippen LogP contribution in [0.5, 0.6) is 11.5 Å². The third kappa shape index (κ3) is 6.64. The smallest absolute Gasteiger partial charge is 0.251 e. The van der Waals surface area contributed by atoms with Gasteiger partial charge >= 0.3 is 0 Å². The summed E-state index contributed by atoms with van der Waals surface area (Å²) in [6.07, 6.45) is 3.86. The first-order valence-corrected chi connectivity index (χ1v) is 9.87. The van der Waals surface area contributed by atoms with Gasteiger partial charge in [-0.05, 0) is 60.5 Å². The van der Waals surface area contributed by atoms with E-state index >= 15 is 0 Å². The highest BCUT2D eigenvalue weighted by Gasteiger charge is 2.06. The van der Waals surface area contributed by atoms with Crippen LogP contribution in [0.3, 0.4) is 0 Å². The van der Waals surface area contributed by atoms with E-state index in [1.54, 1.807) is 18.3 Å². The van der Waals surface area contributed by atoms with Crippen LogP contribution in [0.25, 0.3) is 0 Å². The molecule has 0 saturated heterocycles. The van der Waals surface area contributed by atoms with Gasteiger partial charge in [0.05, 0.1) is 12.3 Å². The molecule has 29 heavy (non-hydrogen) atoms. The maximum absolute atomic E-state index is 12.4. The van der Waals surface area contributed by atoms with Gasteiger partial charge in [0.15, 0.2) is 0 Å². The molecule has 2 aromatic carbocycles. The molecule has 5 nitrogen and oxygen atoms in total. The summed E-state index contributed by atoms with van der Waals surface area (Å²) in [7, 11) is 0. The molecular weight excluding hydrogens is 364 g/mol. The van der Waals surface area contributed by atoms with Crippen molar-refractivity contribution in [2.45, 2.75) is 32.9 Å². The Morgan fingerprint density at radius 1 is 0.966 bits per heavy atom. The summed E-state index contributed by atoms with van der Waals surface area (Å²) in [4.78, 5) is 16.6. The van der Waals surface area contributed by atoms with E-state index < -0.39 is 0 Å². The molecule has 1 aromatic heterocycles. The van der Waals surface area contributed by atoms with Crippen molar-refractivity contribution in [1.29, 1.82) is 0 Å². The van der Waals surface area contributed by atoms with Crippen molar-refractivity contribution >= 4 is 5.91 Å². The minimum atomic E-state index is -0.120. The van der Waals surface area contributed by atoms with Gasteiger partial charge in [0.2, 0.25) is 0 Å². The lowest BCUT2D eigenvalue weighted by atomic mass is 10.2. The number of unbranched alkanes of at least 4 members (excludes halogenated alkanes) is 1. The first kappa shape index (κ1) is 20.4. The third-order valence-electron chi connectivity index (χ3n) is 4.35. The molecule has 150 valence electrons. The number of ether oxygens (including phenoxy) is 2. The van der Waals surface area contributed by atoms with E-state index in [1.165, 1.54) is 0 Å². The van der Waals surface area contributed by atoms with Gasteiger partial charge in [-0.15, -0.1) is 0 Å². The Morgan fingerprint density at radius 2 is 1.83 bits per heavy atom. The predicted octanol–water partition coefficient (Wildman–Crippen LogP) is 4.77. The first-order valence-electron chi connectivity index (χ1n) is 9.87. The van der Waals surface area contributed by atoms with Gasteiger partial charge in [0.25, 0.3) is 5.91 Å². The standard InChI is InChI=1S/C24H26N2O3/c1-2-3-15-28-22-12-10-20(11-13-22)24(27)26-17-19-7-6-9-23(16-19)29-18-21-8-4-5-14-25-21/h4-14,16H,2-3,15,17-18H2,1H3,(H,26,27). The van der Waals surface area contributed by atoms with Crippen LogP contribution in [0.1, 0.15) is 41.4 Å². The molecule has 1 amide bonds. The summed E-state index contributed by atoms with van der Waals surface area (Å²) in [6.45, 7) is 3.65. The highest BCUT2D eigenvalue weighted by Crippen LogP contribution is 2.16. The van der Waals surface area contributed by atoms with Crippen LogP contribution in [0.2, 0.25) is 0 Å². The molecule has 3 rings (SSSR count). The second-order valence-electron chi connectivity index (χ2n) is 6.67. The topological polar surface area (TPSA) is 60.5 Å². The van der Waals surface area contributed by atoms with Crippen LogP contribution in [-0.2, 0) is 13.2 Å². The van der Waals surface area contributed by atoms with Gasteiger partial charge in [-0.1, -0.05) is 31.5 Å². The van der Waals surface area contributed by atoms with Crippen molar-refractivity contribution in [3.8, 4) is 11.5 Å². The fourth-order valence-electron chi connectivity index (χ4n) is 2.71. The number of benzene rings is 2. The summed E-state index contributed by atoms with van der Waals surface area (Å²) < 4.78 is 11.4. The molecular formula is C24H26N2O3. The van der Waals surface area contributed by atoms with Crippen molar-refractivity contribution in [1.82, 2.24) is 10.3 Å². The van der Waals surface area contributed by atoms with Crippen LogP contribution >= 0.6 is 0 Å².